The molecule has 0 saturated heterocycles. The number of hydrogen-bond donors (Lipinski definition) is 0. The van der Waals surface area contributed by atoms with Crippen molar-refractivity contribution in [1.29, 1.82) is 5.26 Å². The van der Waals surface area contributed by atoms with Gasteiger partial charge in [-0.15, -0.1) is 0 Å². The molecule has 0 radical (unpaired) electrons. The summed E-state index contributed by atoms with van der Waals surface area (Å²) in [6.45, 7) is 0. The van der Waals surface area contributed by atoms with Crippen molar-refractivity contribution >= 4 is 23.3 Å². The van der Waals surface area contributed by atoms with Crippen LogP contribution in [0.5, 0.6) is 0 Å². The summed E-state index contributed by atoms with van der Waals surface area (Å²) in [7, 11) is 0. The van der Waals surface area contributed by atoms with Gasteiger partial charge in [-0.2, -0.15) is 5.26 Å². The molecule has 112 valence electrons. The van der Waals surface area contributed by atoms with Gasteiger partial charge in [-0.3, -0.25) is 0 Å². The molecular formula is C19H11ClFNO. The number of hydrogen-bond acceptors (Lipinski definition) is 2. The summed E-state index contributed by atoms with van der Waals surface area (Å²) >= 11 is 6.15. The lowest BCUT2D eigenvalue weighted by Gasteiger charge is -2.00. The van der Waals surface area contributed by atoms with Crippen LogP contribution in [-0.4, -0.2) is 0 Å². The van der Waals surface area contributed by atoms with E-state index in [1.807, 2.05) is 18.2 Å². The van der Waals surface area contributed by atoms with Crippen molar-refractivity contribution in [2.24, 2.45) is 0 Å². The van der Waals surface area contributed by atoms with Crippen LogP contribution >= 0.6 is 11.6 Å². The first-order chi connectivity index (χ1) is 11.2. The van der Waals surface area contributed by atoms with Gasteiger partial charge in [0, 0.05) is 5.56 Å². The highest BCUT2D eigenvalue weighted by molar-refractivity contribution is 6.33. The van der Waals surface area contributed by atoms with Crippen LogP contribution in [0.15, 0.2) is 65.1 Å². The van der Waals surface area contributed by atoms with Gasteiger partial charge in [0.25, 0.3) is 0 Å². The highest BCUT2D eigenvalue weighted by Gasteiger charge is 2.08. The predicted octanol–water partition coefficient (Wildman–Crippen LogP) is 5.80. The van der Waals surface area contributed by atoms with Gasteiger partial charge in [0.15, 0.2) is 0 Å². The monoisotopic (exact) mass is 323 g/mol. The zero-order valence-corrected chi connectivity index (χ0v) is 12.7. The van der Waals surface area contributed by atoms with E-state index in [9.17, 15) is 9.65 Å². The SMILES string of the molecule is N#C/C(=C/c1ccc(-c2ccccc2Cl)o1)c1ccc(F)cc1. The molecule has 23 heavy (non-hydrogen) atoms. The summed E-state index contributed by atoms with van der Waals surface area (Å²) in [4.78, 5) is 0. The molecule has 0 aliphatic rings. The highest BCUT2D eigenvalue weighted by Crippen LogP contribution is 2.30. The number of furan rings is 1. The lowest BCUT2D eigenvalue weighted by Crippen LogP contribution is -1.82. The molecule has 0 saturated carbocycles. The van der Waals surface area contributed by atoms with E-state index in [1.165, 1.54) is 12.1 Å². The molecule has 0 amide bonds. The first kappa shape index (κ1) is 15.1. The van der Waals surface area contributed by atoms with Gasteiger partial charge >= 0.3 is 0 Å². The Morgan fingerprint density at radius 1 is 1.04 bits per heavy atom. The average molecular weight is 324 g/mol. The molecule has 2 nitrogen and oxygen atoms in total. The quantitative estimate of drug-likeness (QED) is 0.571. The van der Waals surface area contributed by atoms with Crippen molar-refractivity contribution in [1.82, 2.24) is 0 Å². The zero-order chi connectivity index (χ0) is 16.2. The van der Waals surface area contributed by atoms with Crippen LogP contribution in [0.1, 0.15) is 11.3 Å². The van der Waals surface area contributed by atoms with Gasteiger partial charge in [0.1, 0.15) is 17.3 Å². The van der Waals surface area contributed by atoms with Crippen molar-refractivity contribution in [2.75, 3.05) is 0 Å². The molecule has 0 aliphatic carbocycles. The molecule has 0 atom stereocenters. The first-order valence-electron chi connectivity index (χ1n) is 6.90. The first-order valence-corrected chi connectivity index (χ1v) is 7.27. The number of allylic oxidation sites excluding steroid dienone is 1. The molecule has 1 heterocycles. The number of halogens is 2. The van der Waals surface area contributed by atoms with Gasteiger partial charge in [0.2, 0.25) is 0 Å². The summed E-state index contributed by atoms with van der Waals surface area (Å²) in [6.07, 6.45) is 1.62. The summed E-state index contributed by atoms with van der Waals surface area (Å²) in [5, 5.41) is 9.90. The van der Waals surface area contributed by atoms with Crippen LogP contribution in [0.2, 0.25) is 5.02 Å². The van der Waals surface area contributed by atoms with Crippen molar-refractivity contribution in [2.45, 2.75) is 0 Å². The van der Waals surface area contributed by atoms with E-state index in [2.05, 4.69) is 6.07 Å². The summed E-state index contributed by atoms with van der Waals surface area (Å²) in [5.74, 6) is 0.809. The second-order valence-corrected chi connectivity index (χ2v) is 5.27. The number of nitriles is 1. The van der Waals surface area contributed by atoms with Crippen LogP contribution in [0.25, 0.3) is 23.0 Å². The van der Waals surface area contributed by atoms with E-state index in [-0.39, 0.29) is 5.82 Å². The Morgan fingerprint density at radius 3 is 2.48 bits per heavy atom. The van der Waals surface area contributed by atoms with Crippen molar-refractivity contribution in [3.05, 3.63) is 82.8 Å². The van der Waals surface area contributed by atoms with Crippen molar-refractivity contribution < 1.29 is 8.81 Å². The van der Waals surface area contributed by atoms with Crippen LogP contribution in [0, 0.1) is 17.1 Å². The van der Waals surface area contributed by atoms with Crippen molar-refractivity contribution in [3.8, 4) is 17.4 Å². The Balaban J connectivity index is 1.95. The summed E-state index contributed by atoms with van der Waals surface area (Å²) < 4.78 is 18.7. The molecule has 0 spiro atoms. The number of nitrogens with zero attached hydrogens (tertiary/aromatic N) is 1. The Hall–Kier alpha value is -2.83. The number of benzene rings is 2. The molecule has 3 rings (SSSR count). The van der Waals surface area contributed by atoms with Gasteiger partial charge in [-0.05, 0) is 48.0 Å². The molecule has 0 aliphatic heterocycles. The van der Waals surface area contributed by atoms with E-state index < -0.39 is 0 Å². The van der Waals surface area contributed by atoms with Gasteiger partial charge in [-0.1, -0.05) is 35.9 Å². The molecule has 1 aromatic heterocycles. The van der Waals surface area contributed by atoms with E-state index >= 15 is 0 Å². The second kappa shape index (κ2) is 6.51. The maximum atomic E-state index is 13.0. The fourth-order valence-corrected chi connectivity index (χ4v) is 2.42. The van der Waals surface area contributed by atoms with Crippen molar-refractivity contribution in [3.63, 3.8) is 0 Å². The molecule has 2 aromatic carbocycles. The van der Waals surface area contributed by atoms with Gasteiger partial charge < -0.3 is 4.42 Å². The topological polar surface area (TPSA) is 36.9 Å². The Kier molecular flexibility index (Phi) is 4.27. The maximum absolute atomic E-state index is 13.0. The minimum absolute atomic E-state index is 0.343. The Labute approximate surface area is 138 Å². The molecule has 0 fully saturated rings. The Bertz CT molecular complexity index is 904. The van der Waals surface area contributed by atoms with Gasteiger partial charge in [-0.25, -0.2) is 4.39 Å². The lowest BCUT2D eigenvalue weighted by molar-refractivity contribution is 0.572. The molecule has 0 bridgehead atoms. The number of rotatable bonds is 3. The minimum Gasteiger partial charge on any atom is -0.457 e. The molecular weight excluding hydrogens is 313 g/mol. The largest absolute Gasteiger partial charge is 0.457 e. The van der Waals surface area contributed by atoms with E-state index in [0.717, 1.165) is 5.56 Å². The summed E-state index contributed by atoms with van der Waals surface area (Å²) in [6, 6.07) is 18.8. The third kappa shape index (κ3) is 3.33. The fraction of sp³-hybridized carbons (Fsp3) is 0. The Morgan fingerprint density at radius 2 is 1.78 bits per heavy atom. The molecule has 0 unspecified atom stereocenters. The highest BCUT2D eigenvalue weighted by atomic mass is 35.5. The lowest BCUT2D eigenvalue weighted by atomic mass is 10.1. The minimum atomic E-state index is -0.343. The fourth-order valence-electron chi connectivity index (χ4n) is 2.19. The van der Waals surface area contributed by atoms with E-state index in [1.54, 1.807) is 36.4 Å². The maximum Gasteiger partial charge on any atom is 0.136 e. The zero-order valence-electron chi connectivity index (χ0n) is 12.0. The van der Waals surface area contributed by atoms with E-state index in [0.29, 0.717) is 27.7 Å². The van der Waals surface area contributed by atoms with Crippen LogP contribution < -0.4 is 0 Å². The molecule has 3 aromatic rings. The molecule has 4 heteroatoms. The summed E-state index contributed by atoms with van der Waals surface area (Å²) in [5.41, 5.74) is 1.81. The standard InChI is InChI=1S/C19H11ClFNO/c20-18-4-2-1-3-17(18)19-10-9-16(23-19)11-14(12-22)13-5-7-15(21)8-6-13/h1-11H/b14-11-. The third-order valence-corrected chi connectivity index (χ3v) is 3.66. The average Bonchev–Trinajstić information content (AvgIpc) is 3.02. The van der Waals surface area contributed by atoms with E-state index in [4.69, 9.17) is 16.0 Å². The van der Waals surface area contributed by atoms with Crippen LogP contribution in [-0.2, 0) is 0 Å². The van der Waals surface area contributed by atoms with Crippen LogP contribution in [0.3, 0.4) is 0 Å². The molecule has 0 N–H and O–H groups in total. The van der Waals surface area contributed by atoms with Gasteiger partial charge in [0.05, 0.1) is 16.7 Å². The third-order valence-electron chi connectivity index (χ3n) is 3.33. The second-order valence-electron chi connectivity index (χ2n) is 4.86. The predicted molar refractivity (Wildman–Crippen MR) is 89.0 cm³/mol. The normalized spacial score (nSPS) is 11.3. The smallest absolute Gasteiger partial charge is 0.136 e. The van der Waals surface area contributed by atoms with Crippen LogP contribution in [0.4, 0.5) is 4.39 Å².